The van der Waals surface area contributed by atoms with Crippen LogP contribution in [0.5, 0.6) is 0 Å². The molecule has 2 amide bonds. The van der Waals surface area contributed by atoms with Gasteiger partial charge in [0.05, 0.1) is 0 Å². The maximum Gasteiger partial charge on any atom is 0.329 e. The van der Waals surface area contributed by atoms with E-state index in [1.807, 2.05) is 25.9 Å². The van der Waals surface area contributed by atoms with Crippen molar-refractivity contribution in [2.45, 2.75) is 44.6 Å². The number of likely N-dealkylation sites (N-methyl/N-ethyl adjacent to an activating group) is 1. The van der Waals surface area contributed by atoms with E-state index in [0.717, 1.165) is 25.8 Å². The number of carboxylic acids is 1. The molecule has 0 aromatic carbocycles. The molecule has 0 unspecified atom stereocenters. The van der Waals surface area contributed by atoms with E-state index in [9.17, 15) is 14.7 Å². The van der Waals surface area contributed by atoms with Crippen LogP contribution in [0.1, 0.15) is 39.0 Å². The van der Waals surface area contributed by atoms with E-state index in [1.165, 1.54) is 0 Å². The molecule has 1 saturated carbocycles. The summed E-state index contributed by atoms with van der Waals surface area (Å²) in [6.45, 7) is 4.05. The van der Waals surface area contributed by atoms with Crippen LogP contribution in [-0.2, 0) is 4.79 Å². The summed E-state index contributed by atoms with van der Waals surface area (Å²) in [7, 11) is 3.91. The van der Waals surface area contributed by atoms with Gasteiger partial charge in [-0.1, -0.05) is 19.8 Å². The second-order valence-corrected chi connectivity index (χ2v) is 5.81. The molecule has 0 aromatic heterocycles. The van der Waals surface area contributed by atoms with Gasteiger partial charge >= 0.3 is 12.0 Å². The Kier molecular flexibility index (Phi) is 6.26. The van der Waals surface area contributed by atoms with E-state index >= 15 is 0 Å². The van der Waals surface area contributed by atoms with Gasteiger partial charge < -0.3 is 20.2 Å². The topological polar surface area (TPSA) is 72.9 Å². The summed E-state index contributed by atoms with van der Waals surface area (Å²) in [5.41, 5.74) is -1.05. The van der Waals surface area contributed by atoms with Crippen molar-refractivity contribution >= 4 is 12.0 Å². The molecule has 1 rings (SSSR count). The van der Waals surface area contributed by atoms with Gasteiger partial charge in [0.25, 0.3) is 0 Å². The number of carbonyl (C=O) groups is 2. The van der Waals surface area contributed by atoms with Crippen molar-refractivity contribution < 1.29 is 14.7 Å². The number of carboxylic acid groups (broad SMARTS) is 1. The molecule has 1 fully saturated rings. The van der Waals surface area contributed by atoms with Crippen LogP contribution >= 0.6 is 0 Å². The van der Waals surface area contributed by atoms with Gasteiger partial charge in [0.15, 0.2) is 0 Å². The molecule has 0 aromatic rings. The molecule has 0 heterocycles. The molecule has 0 radical (unpaired) electrons. The third-order valence-electron chi connectivity index (χ3n) is 3.81. The first-order chi connectivity index (χ1) is 9.41. The number of urea groups is 1. The summed E-state index contributed by atoms with van der Waals surface area (Å²) in [6.07, 6.45) is 3.64. The van der Waals surface area contributed by atoms with Crippen LogP contribution in [0.3, 0.4) is 0 Å². The van der Waals surface area contributed by atoms with Gasteiger partial charge in [-0.05, 0) is 33.4 Å². The van der Waals surface area contributed by atoms with Crippen molar-refractivity contribution in [1.29, 1.82) is 0 Å². The first-order valence-corrected chi connectivity index (χ1v) is 7.36. The molecule has 0 aliphatic heterocycles. The molecular weight excluding hydrogens is 258 g/mol. The number of hydrogen-bond donors (Lipinski definition) is 2. The third-order valence-corrected chi connectivity index (χ3v) is 3.81. The minimum absolute atomic E-state index is 0.252. The quantitative estimate of drug-likeness (QED) is 0.741. The second-order valence-electron chi connectivity index (χ2n) is 5.81. The zero-order valence-electron chi connectivity index (χ0n) is 12.8. The molecule has 2 N–H and O–H groups in total. The maximum absolute atomic E-state index is 12.3. The van der Waals surface area contributed by atoms with Gasteiger partial charge in [0, 0.05) is 19.6 Å². The molecule has 6 heteroatoms. The fraction of sp³-hybridized carbons (Fsp3) is 0.857. The van der Waals surface area contributed by atoms with Gasteiger partial charge in [0.2, 0.25) is 0 Å². The van der Waals surface area contributed by atoms with Crippen LogP contribution in [0, 0.1) is 0 Å². The number of nitrogens with zero attached hydrogens (tertiary/aromatic N) is 2. The monoisotopic (exact) mass is 285 g/mol. The van der Waals surface area contributed by atoms with Gasteiger partial charge in [0.1, 0.15) is 5.54 Å². The number of aliphatic carboxylic acids is 1. The predicted molar refractivity (Wildman–Crippen MR) is 77.8 cm³/mol. The molecule has 0 saturated heterocycles. The number of nitrogens with one attached hydrogen (secondary N) is 1. The summed E-state index contributed by atoms with van der Waals surface area (Å²) in [4.78, 5) is 27.5. The molecule has 1 aliphatic carbocycles. The van der Waals surface area contributed by atoms with E-state index < -0.39 is 11.5 Å². The van der Waals surface area contributed by atoms with Crippen molar-refractivity contribution in [3.63, 3.8) is 0 Å². The molecular formula is C14H27N3O3. The lowest BCUT2D eigenvalue weighted by atomic mass is 9.98. The lowest BCUT2D eigenvalue weighted by Gasteiger charge is -2.31. The molecule has 1 aliphatic rings. The standard InChI is InChI=1S/C14H27N3O3/c1-4-9-17(11-10-16(2)3)13(20)15-14(12(18)19)7-5-6-8-14/h4-11H2,1-3H3,(H,15,20)(H,18,19). The second kappa shape index (κ2) is 7.47. The largest absolute Gasteiger partial charge is 0.480 e. The van der Waals surface area contributed by atoms with Gasteiger partial charge in [-0.25, -0.2) is 9.59 Å². The Balaban J connectivity index is 2.66. The SMILES string of the molecule is CCCN(CCN(C)C)C(=O)NC1(C(=O)O)CCCC1. The van der Waals surface area contributed by atoms with Crippen molar-refractivity contribution in [2.24, 2.45) is 0 Å². The number of carbonyl (C=O) groups excluding carboxylic acids is 1. The molecule has 20 heavy (non-hydrogen) atoms. The number of hydrogen-bond acceptors (Lipinski definition) is 3. The highest BCUT2D eigenvalue weighted by molar-refractivity contribution is 5.86. The molecule has 0 bridgehead atoms. The number of amides is 2. The van der Waals surface area contributed by atoms with E-state index in [2.05, 4.69) is 5.32 Å². The molecule has 0 atom stereocenters. The molecule has 0 spiro atoms. The van der Waals surface area contributed by atoms with Crippen LogP contribution in [-0.4, -0.2) is 66.2 Å². The first kappa shape index (κ1) is 16.8. The van der Waals surface area contributed by atoms with Gasteiger partial charge in [-0.15, -0.1) is 0 Å². The van der Waals surface area contributed by atoms with E-state index in [1.54, 1.807) is 4.90 Å². The van der Waals surface area contributed by atoms with Gasteiger partial charge in [-0.3, -0.25) is 0 Å². The van der Waals surface area contributed by atoms with Crippen molar-refractivity contribution in [2.75, 3.05) is 33.7 Å². The van der Waals surface area contributed by atoms with Crippen molar-refractivity contribution in [3.8, 4) is 0 Å². The Bertz CT molecular complexity index is 339. The van der Waals surface area contributed by atoms with Crippen LogP contribution in [0.25, 0.3) is 0 Å². The summed E-state index contributed by atoms with van der Waals surface area (Å²) in [5.74, 6) is -0.910. The van der Waals surface area contributed by atoms with Crippen LogP contribution in [0.15, 0.2) is 0 Å². The van der Waals surface area contributed by atoms with E-state index in [-0.39, 0.29) is 6.03 Å². The Morgan fingerprint density at radius 3 is 2.20 bits per heavy atom. The smallest absolute Gasteiger partial charge is 0.329 e. The normalized spacial score (nSPS) is 17.2. The summed E-state index contributed by atoms with van der Waals surface area (Å²) >= 11 is 0. The zero-order valence-corrected chi connectivity index (χ0v) is 12.8. The first-order valence-electron chi connectivity index (χ1n) is 7.36. The van der Waals surface area contributed by atoms with Gasteiger partial charge in [-0.2, -0.15) is 0 Å². The van der Waals surface area contributed by atoms with E-state index in [4.69, 9.17) is 0 Å². The Morgan fingerprint density at radius 2 is 1.75 bits per heavy atom. The highest BCUT2D eigenvalue weighted by Gasteiger charge is 2.43. The van der Waals surface area contributed by atoms with Crippen molar-refractivity contribution in [1.82, 2.24) is 15.1 Å². The molecule has 116 valence electrons. The fourth-order valence-electron chi connectivity index (χ4n) is 2.56. The minimum atomic E-state index is -1.05. The van der Waals surface area contributed by atoms with Crippen molar-refractivity contribution in [3.05, 3.63) is 0 Å². The van der Waals surface area contributed by atoms with Crippen LogP contribution in [0.2, 0.25) is 0 Å². The summed E-state index contributed by atoms with van der Waals surface area (Å²) in [6, 6.07) is -0.252. The maximum atomic E-state index is 12.3. The zero-order chi connectivity index (χ0) is 15.2. The Hall–Kier alpha value is -1.30. The van der Waals surface area contributed by atoms with E-state index in [0.29, 0.717) is 25.9 Å². The highest BCUT2D eigenvalue weighted by Crippen LogP contribution is 2.30. The fourth-order valence-corrected chi connectivity index (χ4v) is 2.56. The average Bonchev–Trinajstić information content (AvgIpc) is 2.83. The number of rotatable bonds is 7. The lowest BCUT2D eigenvalue weighted by molar-refractivity contribution is -0.144. The average molecular weight is 285 g/mol. The Morgan fingerprint density at radius 1 is 1.15 bits per heavy atom. The third kappa shape index (κ3) is 4.37. The van der Waals surface area contributed by atoms with Crippen LogP contribution < -0.4 is 5.32 Å². The Labute approximate surface area is 121 Å². The predicted octanol–water partition coefficient (Wildman–Crippen LogP) is 1.37. The summed E-state index contributed by atoms with van der Waals surface area (Å²) in [5, 5.41) is 12.2. The minimum Gasteiger partial charge on any atom is -0.480 e. The summed E-state index contributed by atoms with van der Waals surface area (Å²) < 4.78 is 0. The molecule has 6 nitrogen and oxygen atoms in total. The lowest BCUT2D eigenvalue weighted by Crippen LogP contribution is -2.57. The highest BCUT2D eigenvalue weighted by atomic mass is 16.4. The van der Waals surface area contributed by atoms with Crippen LogP contribution in [0.4, 0.5) is 4.79 Å².